The predicted molar refractivity (Wildman–Crippen MR) is 110 cm³/mol. The molecule has 4 nitrogen and oxygen atoms in total. The Morgan fingerprint density at radius 3 is 2.46 bits per heavy atom. The lowest BCUT2D eigenvalue weighted by molar-refractivity contribution is -0.115. The average molecular weight is 396 g/mol. The number of hydrogen-bond donors (Lipinski definition) is 0. The summed E-state index contributed by atoms with van der Waals surface area (Å²) in [5.74, 6) is -0.270. The first-order valence-electron chi connectivity index (χ1n) is 9.39. The van der Waals surface area contributed by atoms with Gasteiger partial charge in [-0.05, 0) is 42.7 Å². The van der Waals surface area contributed by atoms with Crippen molar-refractivity contribution in [1.82, 2.24) is 9.88 Å². The van der Waals surface area contributed by atoms with Crippen molar-refractivity contribution in [3.8, 4) is 0 Å². The van der Waals surface area contributed by atoms with Crippen molar-refractivity contribution in [2.75, 3.05) is 4.90 Å². The van der Waals surface area contributed by atoms with Crippen molar-refractivity contribution in [3.63, 3.8) is 0 Å². The van der Waals surface area contributed by atoms with Crippen LogP contribution in [0.25, 0.3) is 0 Å². The molecule has 6 heteroatoms. The summed E-state index contributed by atoms with van der Waals surface area (Å²) in [6.45, 7) is 3.05. The van der Waals surface area contributed by atoms with Crippen LogP contribution in [0.3, 0.4) is 0 Å². The van der Waals surface area contributed by atoms with Gasteiger partial charge >= 0.3 is 0 Å². The molecule has 144 valence electrons. The third-order valence-corrected chi connectivity index (χ3v) is 5.66. The molecule has 0 unspecified atom stereocenters. The number of halogens is 1. The van der Waals surface area contributed by atoms with Crippen molar-refractivity contribution in [3.05, 3.63) is 77.1 Å². The fourth-order valence-corrected chi connectivity index (χ4v) is 4.14. The minimum absolute atomic E-state index is 0.0579. The largest absolute Gasteiger partial charge is 0.290 e. The molecule has 0 atom stereocenters. The lowest BCUT2D eigenvalue weighted by Crippen LogP contribution is -2.25. The molecule has 1 saturated carbocycles. The lowest BCUT2D eigenvalue weighted by Gasteiger charge is -2.21. The van der Waals surface area contributed by atoms with Crippen molar-refractivity contribution in [2.24, 2.45) is 0 Å². The van der Waals surface area contributed by atoms with Crippen LogP contribution in [-0.4, -0.2) is 21.8 Å². The Hall–Kier alpha value is -2.57. The number of anilines is 2. The Labute approximate surface area is 168 Å². The first-order valence-corrected chi connectivity index (χ1v) is 10.3. The number of thiazole rings is 1. The summed E-state index contributed by atoms with van der Waals surface area (Å²) in [5.41, 5.74) is 2.87. The van der Waals surface area contributed by atoms with E-state index in [4.69, 9.17) is 4.98 Å². The second-order valence-corrected chi connectivity index (χ2v) is 7.91. The zero-order valence-electron chi connectivity index (χ0n) is 15.7. The van der Waals surface area contributed by atoms with E-state index in [1.54, 1.807) is 11.8 Å². The highest BCUT2D eigenvalue weighted by Crippen LogP contribution is 2.32. The maximum Gasteiger partial charge on any atom is 0.230 e. The second-order valence-electron chi connectivity index (χ2n) is 7.07. The quantitative estimate of drug-likeness (QED) is 0.556. The SMILES string of the molecule is CC(=O)N(c1ccccc1)c1nc(CN(Cc2ccc(F)cc2)C2CC2)cs1. The standard InChI is InChI=1S/C22H22FN3OS/c1-16(27)26(21-5-3-2-4-6-21)22-24-19(15-28-22)14-25(20-11-12-20)13-17-7-9-18(23)10-8-17/h2-10,15,20H,11-14H2,1H3. The number of benzene rings is 2. The van der Waals surface area contributed by atoms with Gasteiger partial charge in [0.2, 0.25) is 5.91 Å². The fraction of sp³-hybridized carbons (Fsp3) is 0.273. The van der Waals surface area contributed by atoms with Gasteiger partial charge in [-0.15, -0.1) is 11.3 Å². The maximum absolute atomic E-state index is 13.2. The normalized spacial score (nSPS) is 13.7. The van der Waals surface area contributed by atoms with Crippen LogP contribution in [0.15, 0.2) is 60.0 Å². The fourth-order valence-electron chi connectivity index (χ4n) is 3.26. The van der Waals surface area contributed by atoms with E-state index in [9.17, 15) is 9.18 Å². The molecule has 4 rings (SSSR count). The van der Waals surface area contributed by atoms with E-state index in [1.807, 2.05) is 47.8 Å². The van der Waals surface area contributed by atoms with Crippen molar-refractivity contribution in [1.29, 1.82) is 0 Å². The Bertz CT molecular complexity index is 938. The summed E-state index contributed by atoms with van der Waals surface area (Å²) in [4.78, 5) is 21.0. The van der Waals surface area contributed by atoms with E-state index in [-0.39, 0.29) is 11.7 Å². The summed E-state index contributed by atoms with van der Waals surface area (Å²) in [6.07, 6.45) is 2.36. The Morgan fingerprint density at radius 2 is 1.82 bits per heavy atom. The third kappa shape index (κ3) is 4.46. The number of para-hydroxylation sites is 1. The molecule has 1 fully saturated rings. The molecule has 0 aliphatic heterocycles. The zero-order chi connectivity index (χ0) is 19.5. The van der Waals surface area contributed by atoms with Gasteiger partial charge in [-0.3, -0.25) is 14.6 Å². The van der Waals surface area contributed by atoms with Gasteiger partial charge in [-0.1, -0.05) is 30.3 Å². The number of carbonyl (C=O) groups is 1. The smallest absolute Gasteiger partial charge is 0.230 e. The lowest BCUT2D eigenvalue weighted by atomic mass is 10.2. The monoisotopic (exact) mass is 395 g/mol. The van der Waals surface area contributed by atoms with Crippen LogP contribution in [0.2, 0.25) is 0 Å². The summed E-state index contributed by atoms with van der Waals surface area (Å²) in [5, 5.41) is 2.71. The zero-order valence-corrected chi connectivity index (χ0v) is 16.5. The van der Waals surface area contributed by atoms with Gasteiger partial charge in [0.05, 0.1) is 11.4 Å². The highest BCUT2D eigenvalue weighted by Gasteiger charge is 2.29. The van der Waals surface area contributed by atoms with Crippen LogP contribution in [0.1, 0.15) is 31.0 Å². The van der Waals surface area contributed by atoms with Gasteiger partial charge in [-0.25, -0.2) is 9.37 Å². The number of rotatable bonds is 7. The maximum atomic E-state index is 13.2. The number of carbonyl (C=O) groups excluding carboxylic acids is 1. The van der Waals surface area contributed by atoms with E-state index in [0.717, 1.165) is 30.0 Å². The van der Waals surface area contributed by atoms with Gasteiger partial charge in [0.1, 0.15) is 5.82 Å². The van der Waals surface area contributed by atoms with E-state index in [0.29, 0.717) is 11.2 Å². The summed E-state index contributed by atoms with van der Waals surface area (Å²) in [6, 6.07) is 16.8. The van der Waals surface area contributed by atoms with Crippen LogP contribution in [0.4, 0.5) is 15.2 Å². The summed E-state index contributed by atoms with van der Waals surface area (Å²) < 4.78 is 13.2. The number of hydrogen-bond acceptors (Lipinski definition) is 4. The van der Waals surface area contributed by atoms with Crippen LogP contribution < -0.4 is 4.90 Å². The van der Waals surface area contributed by atoms with Crippen LogP contribution in [-0.2, 0) is 17.9 Å². The Morgan fingerprint density at radius 1 is 1.11 bits per heavy atom. The van der Waals surface area contributed by atoms with Crippen LogP contribution in [0.5, 0.6) is 0 Å². The molecule has 1 heterocycles. The van der Waals surface area contributed by atoms with Crippen molar-refractivity contribution >= 4 is 28.1 Å². The molecule has 2 aromatic carbocycles. The second kappa shape index (κ2) is 8.20. The first-order chi connectivity index (χ1) is 13.6. The third-order valence-electron chi connectivity index (χ3n) is 4.79. The van der Waals surface area contributed by atoms with Crippen LogP contribution in [0, 0.1) is 5.82 Å². The van der Waals surface area contributed by atoms with Gasteiger partial charge in [-0.2, -0.15) is 0 Å². The van der Waals surface area contributed by atoms with Gasteiger partial charge in [0.25, 0.3) is 0 Å². The predicted octanol–water partition coefficient (Wildman–Crippen LogP) is 5.13. The average Bonchev–Trinajstić information content (AvgIpc) is 3.44. The molecular formula is C22H22FN3OS. The Kier molecular flexibility index (Phi) is 5.50. The highest BCUT2D eigenvalue weighted by molar-refractivity contribution is 7.14. The molecule has 0 radical (unpaired) electrons. The summed E-state index contributed by atoms with van der Waals surface area (Å²) >= 11 is 1.48. The number of aromatic nitrogens is 1. The summed E-state index contributed by atoms with van der Waals surface area (Å²) in [7, 11) is 0. The van der Waals surface area contributed by atoms with Crippen molar-refractivity contribution < 1.29 is 9.18 Å². The molecule has 0 N–H and O–H groups in total. The molecular weight excluding hydrogens is 373 g/mol. The molecule has 1 amide bonds. The molecule has 0 bridgehead atoms. The van der Waals surface area contributed by atoms with E-state index in [2.05, 4.69) is 4.90 Å². The highest BCUT2D eigenvalue weighted by atomic mass is 32.1. The molecule has 1 aliphatic rings. The molecule has 0 spiro atoms. The molecule has 28 heavy (non-hydrogen) atoms. The Balaban J connectivity index is 1.51. The molecule has 0 saturated heterocycles. The number of nitrogens with zero attached hydrogens (tertiary/aromatic N) is 3. The van der Waals surface area contributed by atoms with E-state index < -0.39 is 0 Å². The van der Waals surface area contributed by atoms with Gasteiger partial charge in [0, 0.05) is 31.4 Å². The minimum Gasteiger partial charge on any atom is -0.290 e. The molecule has 3 aromatic rings. The van der Waals surface area contributed by atoms with Crippen LogP contribution >= 0.6 is 11.3 Å². The minimum atomic E-state index is -0.212. The first kappa shape index (κ1) is 18.8. The van der Waals surface area contributed by atoms with E-state index >= 15 is 0 Å². The molecule has 1 aliphatic carbocycles. The van der Waals surface area contributed by atoms with E-state index in [1.165, 1.54) is 36.3 Å². The van der Waals surface area contributed by atoms with Gasteiger partial charge in [0.15, 0.2) is 5.13 Å². The van der Waals surface area contributed by atoms with Gasteiger partial charge < -0.3 is 0 Å². The van der Waals surface area contributed by atoms with Crippen molar-refractivity contribution in [2.45, 2.75) is 38.9 Å². The number of amides is 1. The molecule has 1 aromatic heterocycles. The topological polar surface area (TPSA) is 36.4 Å².